The lowest BCUT2D eigenvalue weighted by Crippen LogP contribution is -2.19. The number of rotatable bonds is 4. The minimum absolute atomic E-state index is 0.775. The summed E-state index contributed by atoms with van der Waals surface area (Å²) in [5, 5.41) is 4.64. The lowest BCUT2D eigenvalue weighted by atomic mass is 10.2. The minimum atomic E-state index is 0.775. The number of anilines is 2. The first kappa shape index (κ1) is 12.7. The van der Waals surface area contributed by atoms with Crippen molar-refractivity contribution in [2.24, 2.45) is 0 Å². The quantitative estimate of drug-likeness (QED) is 0.902. The highest BCUT2D eigenvalue weighted by molar-refractivity contribution is 5.81. The third-order valence-corrected chi connectivity index (χ3v) is 3.53. The molecule has 98 valence electrons. The van der Waals surface area contributed by atoms with Crippen LogP contribution in [0, 0.1) is 13.8 Å². The van der Waals surface area contributed by atoms with E-state index in [4.69, 9.17) is 5.73 Å². The maximum atomic E-state index is 6.21. The Bertz CT molecular complexity index is 556. The van der Waals surface area contributed by atoms with Crippen molar-refractivity contribution in [3.05, 3.63) is 23.4 Å². The molecule has 0 aliphatic carbocycles. The third-order valence-electron chi connectivity index (χ3n) is 3.53. The monoisotopic (exact) mass is 246 g/mol. The molecule has 18 heavy (non-hydrogen) atoms. The molecule has 2 rings (SSSR count). The van der Waals surface area contributed by atoms with Crippen LogP contribution in [0.25, 0.3) is 5.52 Å². The minimum Gasteiger partial charge on any atom is -0.394 e. The number of fused-ring (bicyclic) bond motifs is 1. The van der Waals surface area contributed by atoms with Crippen LogP contribution in [-0.4, -0.2) is 23.2 Å². The Morgan fingerprint density at radius 3 is 2.72 bits per heavy atom. The van der Waals surface area contributed by atoms with Crippen LogP contribution in [0.3, 0.4) is 0 Å². The van der Waals surface area contributed by atoms with E-state index in [1.165, 1.54) is 12.0 Å². The Hall–Kier alpha value is -1.71. The second-order valence-electron chi connectivity index (χ2n) is 4.91. The Morgan fingerprint density at radius 1 is 1.33 bits per heavy atom. The molecule has 0 atom stereocenters. The van der Waals surface area contributed by atoms with Gasteiger partial charge in [0.25, 0.3) is 0 Å². The standard InChI is InChI=1S/C14H22N4/c1-5-6-9-17(4)14-13(15)12-8-7-10(2)11(3)18(12)16-14/h7-8H,5-6,9,15H2,1-4H3. The van der Waals surface area contributed by atoms with Crippen LogP contribution >= 0.6 is 0 Å². The fraction of sp³-hybridized carbons (Fsp3) is 0.500. The van der Waals surface area contributed by atoms with Gasteiger partial charge in [-0.3, -0.25) is 0 Å². The summed E-state index contributed by atoms with van der Waals surface area (Å²) in [5.41, 5.74) is 10.4. The molecule has 2 aromatic heterocycles. The van der Waals surface area contributed by atoms with Crippen molar-refractivity contribution >= 4 is 17.0 Å². The highest BCUT2D eigenvalue weighted by atomic mass is 15.3. The molecule has 2 heterocycles. The summed E-state index contributed by atoms with van der Waals surface area (Å²) in [4.78, 5) is 2.14. The van der Waals surface area contributed by atoms with Gasteiger partial charge in [0, 0.05) is 19.3 Å². The fourth-order valence-electron chi connectivity index (χ4n) is 2.12. The van der Waals surface area contributed by atoms with Gasteiger partial charge in [0.15, 0.2) is 5.82 Å². The molecule has 0 bridgehead atoms. The van der Waals surface area contributed by atoms with E-state index in [-0.39, 0.29) is 0 Å². The van der Waals surface area contributed by atoms with E-state index in [9.17, 15) is 0 Å². The summed E-state index contributed by atoms with van der Waals surface area (Å²) in [6, 6.07) is 4.14. The number of nitrogen functional groups attached to an aromatic ring is 1. The van der Waals surface area contributed by atoms with Crippen molar-refractivity contribution in [2.75, 3.05) is 24.2 Å². The average Bonchev–Trinajstić information content (AvgIpc) is 2.69. The van der Waals surface area contributed by atoms with Gasteiger partial charge >= 0.3 is 0 Å². The summed E-state index contributed by atoms with van der Waals surface area (Å²) in [6.07, 6.45) is 2.33. The van der Waals surface area contributed by atoms with Gasteiger partial charge in [0.1, 0.15) is 5.69 Å². The number of nitrogens with zero attached hydrogens (tertiary/aromatic N) is 3. The molecule has 0 aliphatic rings. The normalized spacial score (nSPS) is 11.1. The number of hydrogen-bond acceptors (Lipinski definition) is 3. The second kappa shape index (κ2) is 4.88. The molecular weight excluding hydrogens is 224 g/mol. The van der Waals surface area contributed by atoms with Crippen LogP contribution in [0.2, 0.25) is 0 Å². The summed E-state index contributed by atoms with van der Waals surface area (Å²) < 4.78 is 1.95. The maximum Gasteiger partial charge on any atom is 0.174 e. The van der Waals surface area contributed by atoms with E-state index in [0.717, 1.165) is 35.7 Å². The van der Waals surface area contributed by atoms with E-state index in [0.29, 0.717) is 0 Å². The Balaban J connectivity index is 2.47. The van der Waals surface area contributed by atoms with E-state index in [1.807, 2.05) is 10.6 Å². The lowest BCUT2D eigenvalue weighted by molar-refractivity contribution is 0.752. The summed E-state index contributed by atoms with van der Waals surface area (Å²) in [6.45, 7) is 7.34. The summed E-state index contributed by atoms with van der Waals surface area (Å²) in [7, 11) is 2.05. The highest BCUT2D eigenvalue weighted by Crippen LogP contribution is 2.27. The molecule has 0 saturated heterocycles. The van der Waals surface area contributed by atoms with Gasteiger partial charge < -0.3 is 10.6 Å². The molecule has 0 amide bonds. The van der Waals surface area contributed by atoms with Gasteiger partial charge in [0.2, 0.25) is 0 Å². The van der Waals surface area contributed by atoms with E-state index in [2.05, 4.69) is 43.9 Å². The smallest absolute Gasteiger partial charge is 0.174 e. The largest absolute Gasteiger partial charge is 0.394 e. The molecule has 0 fully saturated rings. The van der Waals surface area contributed by atoms with Gasteiger partial charge in [-0.2, -0.15) is 0 Å². The Morgan fingerprint density at radius 2 is 2.06 bits per heavy atom. The molecule has 4 nitrogen and oxygen atoms in total. The average molecular weight is 246 g/mol. The van der Waals surface area contributed by atoms with Gasteiger partial charge in [0.05, 0.1) is 5.52 Å². The lowest BCUT2D eigenvalue weighted by Gasteiger charge is -2.16. The first-order chi connectivity index (χ1) is 8.56. The molecule has 0 aromatic carbocycles. The summed E-state index contributed by atoms with van der Waals surface area (Å²) >= 11 is 0. The van der Waals surface area contributed by atoms with Gasteiger partial charge in [-0.25, -0.2) is 4.52 Å². The van der Waals surface area contributed by atoms with Crippen molar-refractivity contribution in [1.82, 2.24) is 9.61 Å². The molecule has 2 N–H and O–H groups in total. The van der Waals surface area contributed by atoms with Gasteiger partial charge in [-0.1, -0.05) is 19.4 Å². The second-order valence-corrected chi connectivity index (χ2v) is 4.91. The third kappa shape index (κ3) is 2.03. The van der Waals surface area contributed by atoms with Crippen LogP contribution < -0.4 is 10.6 Å². The van der Waals surface area contributed by atoms with Crippen molar-refractivity contribution < 1.29 is 0 Å². The van der Waals surface area contributed by atoms with Crippen molar-refractivity contribution in [1.29, 1.82) is 0 Å². The molecule has 0 radical (unpaired) electrons. The number of nitrogens with two attached hydrogens (primary N) is 1. The van der Waals surface area contributed by atoms with E-state index in [1.54, 1.807) is 0 Å². The van der Waals surface area contributed by atoms with Crippen LogP contribution in [0.1, 0.15) is 31.0 Å². The molecule has 0 aliphatic heterocycles. The molecule has 2 aromatic rings. The zero-order chi connectivity index (χ0) is 13.3. The Labute approximate surface area is 108 Å². The van der Waals surface area contributed by atoms with Crippen molar-refractivity contribution in [2.45, 2.75) is 33.6 Å². The number of aryl methyl sites for hydroxylation is 2. The number of unbranched alkanes of at least 4 members (excludes halogenated alkanes) is 1. The maximum absolute atomic E-state index is 6.21. The molecule has 4 heteroatoms. The van der Waals surface area contributed by atoms with Crippen molar-refractivity contribution in [3.63, 3.8) is 0 Å². The van der Waals surface area contributed by atoms with Crippen molar-refractivity contribution in [3.8, 4) is 0 Å². The molecule has 0 spiro atoms. The van der Waals surface area contributed by atoms with Crippen LogP contribution in [0.5, 0.6) is 0 Å². The highest BCUT2D eigenvalue weighted by Gasteiger charge is 2.14. The van der Waals surface area contributed by atoms with E-state index >= 15 is 0 Å². The number of aromatic nitrogens is 2. The molecule has 0 saturated carbocycles. The van der Waals surface area contributed by atoms with E-state index < -0.39 is 0 Å². The molecular formula is C14H22N4. The van der Waals surface area contributed by atoms with Gasteiger partial charge in [-0.05, 0) is 31.9 Å². The molecule has 0 unspecified atom stereocenters. The zero-order valence-corrected chi connectivity index (χ0v) is 11.7. The Kier molecular flexibility index (Phi) is 3.45. The van der Waals surface area contributed by atoms with Gasteiger partial charge in [-0.15, -0.1) is 5.10 Å². The predicted octanol–water partition coefficient (Wildman–Crippen LogP) is 2.77. The van der Waals surface area contributed by atoms with Crippen LogP contribution in [0.15, 0.2) is 12.1 Å². The predicted molar refractivity (Wildman–Crippen MR) is 77.3 cm³/mol. The zero-order valence-electron chi connectivity index (χ0n) is 11.7. The SMILES string of the molecule is CCCCN(C)c1nn2c(C)c(C)ccc2c1N. The first-order valence-electron chi connectivity index (χ1n) is 6.51. The fourth-order valence-corrected chi connectivity index (χ4v) is 2.12. The number of pyridine rings is 1. The topological polar surface area (TPSA) is 46.6 Å². The van der Waals surface area contributed by atoms with Crippen LogP contribution in [-0.2, 0) is 0 Å². The number of hydrogen-bond donors (Lipinski definition) is 1. The summed E-state index contributed by atoms with van der Waals surface area (Å²) in [5.74, 6) is 0.886. The van der Waals surface area contributed by atoms with Crippen LogP contribution in [0.4, 0.5) is 11.5 Å². The first-order valence-corrected chi connectivity index (χ1v) is 6.51.